The zero-order chi connectivity index (χ0) is 9.97. The van der Waals surface area contributed by atoms with Crippen LogP contribution in [0.2, 0.25) is 0 Å². The van der Waals surface area contributed by atoms with Crippen molar-refractivity contribution in [1.29, 1.82) is 0 Å². The van der Waals surface area contributed by atoms with Crippen LogP contribution in [0.3, 0.4) is 0 Å². The van der Waals surface area contributed by atoms with Crippen LogP contribution in [0.25, 0.3) is 5.69 Å². The number of aromatic nitrogens is 1. The van der Waals surface area contributed by atoms with Crippen molar-refractivity contribution in [2.24, 2.45) is 0 Å². The molecule has 0 amide bonds. The first kappa shape index (κ1) is 9.03. The van der Waals surface area contributed by atoms with E-state index in [-0.39, 0.29) is 6.61 Å². The second-order valence-corrected chi connectivity index (χ2v) is 3.31. The average Bonchev–Trinajstić information content (AvgIpc) is 2.64. The van der Waals surface area contributed by atoms with Gasteiger partial charge in [0.25, 0.3) is 0 Å². The molecule has 2 rings (SSSR count). The Labute approximate surface area is 83.4 Å². The van der Waals surface area contributed by atoms with E-state index in [1.807, 2.05) is 49.5 Å². The molecule has 2 heteroatoms. The van der Waals surface area contributed by atoms with Crippen molar-refractivity contribution in [3.8, 4) is 5.69 Å². The number of benzene rings is 1. The topological polar surface area (TPSA) is 25.2 Å². The van der Waals surface area contributed by atoms with Crippen molar-refractivity contribution in [1.82, 2.24) is 4.57 Å². The highest BCUT2D eigenvalue weighted by atomic mass is 16.3. The molecule has 0 unspecified atom stereocenters. The van der Waals surface area contributed by atoms with Gasteiger partial charge in [-0.15, -0.1) is 0 Å². The molecule has 0 bridgehead atoms. The van der Waals surface area contributed by atoms with Gasteiger partial charge in [-0.25, -0.2) is 0 Å². The van der Waals surface area contributed by atoms with Crippen molar-refractivity contribution < 1.29 is 5.11 Å². The summed E-state index contributed by atoms with van der Waals surface area (Å²) in [5.74, 6) is 0. The van der Waals surface area contributed by atoms with E-state index in [0.29, 0.717) is 0 Å². The van der Waals surface area contributed by atoms with Crippen LogP contribution < -0.4 is 0 Å². The summed E-state index contributed by atoms with van der Waals surface area (Å²) < 4.78 is 2.07. The number of rotatable bonds is 2. The highest BCUT2D eigenvalue weighted by molar-refractivity contribution is 5.42. The fraction of sp³-hybridized carbons (Fsp3) is 0.167. The fourth-order valence-corrected chi connectivity index (χ4v) is 1.62. The average molecular weight is 187 g/mol. The van der Waals surface area contributed by atoms with Crippen LogP contribution in [-0.4, -0.2) is 9.67 Å². The van der Waals surface area contributed by atoms with Crippen molar-refractivity contribution in [2.45, 2.75) is 13.5 Å². The third kappa shape index (κ3) is 1.44. The first-order chi connectivity index (χ1) is 6.83. The largest absolute Gasteiger partial charge is 0.392 e. The molecule has 1 aromatic carbocycles. The highest BCUT2D eigenvalue weighted by Crippen LogP contribution is 2.16. The number of aliphatic hydroxyl groups excluding tert-OH is 1. The van der Waals surface area contributed by atoms with Gasteiger partial charge in [-0.05, 0) is 25.1 Å². The van der Waals surface area contributed by atoms with Gasteiger partial charge in [0.05, 0.1) is 12.3 Å². The SMILES string of the molecule is Cc1cccn1-c1ccccc1CO. The van der Waals surface area contributed by atoms with Gasteiger partial charge in [-0.2, -0.15) is 0 Å². The molecule has 0 aliphatic heterocycles. The van der Waals surface area contributed by atoms with E-state index in [1.54, 1.807) is 0 Å². The fourth-order valence-electron chi connectivity index (χ4n) is 1.62. The van der Waals surface area contributed by atoms with Crippen molar-refractivity contribution in [3.05, 3.63) is 53.9 Å². The Morgan fingerprint density at radius 3 is 2.57 bits per heavy atom. The predicted molar refractivity (Wildman–Crippen MR) is 56.4 cm³/mol. The predicted octanol–water partition coefficient (Wildman–Crippen LogP) is 2.28. The molecule has 0 saturated carbocycles. The minimum atomic E-state index is 0.0772. The summed E-state index contributed by atoms with van der Waals surface area (Å²) in [6.45, 7) is 2.13. The number of hydrogen-bond donors (Lipinski definition) is 1. The van der Waals surface area contributed by atoms with Gasteiger partial charge < -0.3 is 9.67 Å². The zero-order valence-electron chi connectivity index (χ0n) is 8.14. The first-order valence-corrected chi connectivity index (χ1v) is 4.66. The van der Waals surface area contributed by atoms with Gasteiger partial charge >= 0.3 is 0 Å². The lowest BCUT2D eigenvalue weighted by molar-refractivity contribution is 0.281. The van der Waals surface area contributed by atoms with E-state index < -0.39 is 0 Å². The first-order valence-electron chi connectivity index (χ1n) is 4.66. The Balaban J connectivity index is 2.56. The van der Waals surface area contributed by atoms with Gasteiger partial charge in [-0.3, -0.25) is 0 Å². The molecule has 0 aliphatic rings. The summed E-state index contributed by atoms with van der Waals surface area (Å²) in [6, 6.07) is 11.9. The van der Waals surface area contributed by atoms with E-state index in [0.717, 1.165) is 11.3 Å². The zero-order valence-corrected chi connectivity index (χ0v) is 8.14. The Kier molecular flexibility index (Phi) is 2.37. The summed E-state index contributed by atoms with van der Waals surface area (Å²) >= 11 is 0. The minimum Gasteiger partial charge on any atom is -0.392 e. The van der Waals surface area contributed by atoms with E-state index in [9.17, 15) is 5.11 Å². The molecule has 0 fully saturated rings. The number of nitrogens with zero attached hydrogens (tertiary/aromatic N) is 1. The Bertz CT molecular complexity index is 431. The van der Waals surface area contributed by atoms with Gasteiger partial charge in [0.2, 0.25) is 0 Å². The van der Waals surface area contributed by atoms with E-state index >= 15 is 0 Å². The summed E-state index contributed by atoms with van der Waals surface area (Å²) in [5.41, 5.74) is 3.18. The molecule has 1 aromatic heterocycles. The lowest BCUT2D eigenvalue weighted by atomic mass is 10.2. The lowest BCUT2D eigenvalue weighted by Crippen LogP contribution is -1.99. The molecule has 0 aliphatic carbocycles. The molecule has 0 atom stereocenters. The van der Waals surface area contributed by atoms with Crippen LogP contribution in [0.15, 0.2) is 42.6 Å². The second-order valence-electron chi connectivity index (χ2n) is 3.31. The van der Waals surface area contributed by atoms with Crippen LogP contribution in [0.5, 0.6) is 0 Å². The van der Waals surface area contributed by atoms with Crippen LogP contribution in [-0.2, 0) is 6.61 Å². The smallest absolute Gasteiger partial charge is 0.0702 e. The Hall–Kier alpha value is -1.54. The number of aliphatic hydroxyl groups is 1. The quantitative estimate of drug-likeness (QED) is 0.766. The Morgan fingerprint density at radius 1 is 1.14 bits per heavy atom. The molecule has 0 spiro atoms. The van der Waals surface area contributed by atoms with Crippen molar-refractivity contribution >= 4 is 0 Å². The van der Waals surface area contributed by atoms with Crippen LogP contribution in [0.4, 0.5) is 0 Å². The maximum atomic E-state index is 9.19. The molecule has 1 heterocycles. The van der Waals surface area contributed by atoms with Crippen LogP contribution >= 0.6 is 0 Å². The second kappa shape index (κ2) is 3.68. The normalized spacial score (nSPS) is 10.4. The van der Waals surface area contributed by atoms with Gasteiger partial charge in [0.15, 0.2) is 0 Å². The van der Waals surface area contributed by atoms with Crippen molar-refractivity contribution in [3.63, 3.8) is 0 Å². The maximum absolute atomic E-state index is 9.19. The molecular formula is C12H13NO. The third-order valence-corrected chi connectivity index (χ3v) is 2.37. The number of para-hydroxylation sites is 1. The van der Waals surface area contributed by atoms with Gasteiger partial charge in [0.1, 0.15) is 0 Å². The molecule has 2 aromatic rings. The summed E-state index contributed by atoms with van der Waals surface area (Å²) in [5, 5.41) is 9.19. The summed E-state index contributed by atoms with van der Waals surface area (Å²) in [7, 11) is 0. The standard InChI is InChI=1S/C12H13NO/c1-10-5-4-8-13(10)12-7-3-2-6-11(12)9-14/h2-8,14H,9H2,1H3. The summed E-state index contributed by atoms with van der Waals surface area (Å²) in [4.78, 5) is 0. The highest BCUT2D eigenvalue weighted by Gasteiger charge is 2.03. The maximum Gasteiger partial charge on any atom is 0.0702 e. The van der Waals surface area contributed by atoms with Crippen LogP contribution in [0, 0.1) is 6.92 Å². The van der Waals surface area contributed by atoms with E-state index in [2.05, 4.69) is 4.57 Å². The third-order valence-electron chi connectivity index (χ3n) is 2.37. The molecule has 1 N–H and O–H groups in total. The number of aryl methyl sites for hydroxylation is 1. The molecule has 0 saturated heterocycles. The minimum absolute atomic E-state index is 0.0772. The van der Waals surface area contributed by atoms with E-state index in [4.69, 9.17) is 0 Å². The molecular weight excluding hydrogens is 174 g/mol. The molecule has 0 radical (unpaired) electrons. The Morgan fingerprint density at radius 2 is 1.93 bits per heavy atom. The molecule has 2 nitrogen and oxygen atoms in total. The number of hydrogen-bond acceptors (Lipinski definition) is 1. The van der Waals surface area contributed by atoms with Crippen molar-refractivity contribution in [2.75, 3.05) is 0 Å². The van der Waals surface area contributed by atoms with Crippen LogP contribution in [0.1, 0.15) is 11.3 Å². The molecule has 14 heavy (non-hydrogen) atoms. The lowest BCUT2D eigenvalue weighted by Gasteiger charge is -2.10. The van der Waals surface area contributed by atoms with Gasteiger partial charge in [-0.1, -0.05) is 18.2 Å². The van der Waals surface area contributed by atoms with E-state index in [1.165, 1.54) is 5.69 Å². The monoisotopic (exact) mass is 187 g/mol. The van der Waals surface area contributed by atoms with Gasteiger partial charge in [0, 0.05) is 17.5 Å². The summed E-state index contributed by atoms with van der Waals surface area (Å²) in [6.07, 6.45) is 2.00. The molecule has 72 valence electrons.